The second-order valence-corrected chi connectivity index (χ2v) is 7.07. The van der Waals surface area contributed by atoms with Crippen molar-refractivity contribution in [2.75, 3.05) is 13.2 Å². The fraction of sp³-hybridized carbons (Fsp3) is 0.588. The predicted molar refractivity (Wildman–Crippen MR) is 87.0 cm³/mol. The van der Waals surface area contributed by atoms with E-state index in [1.165, 1.54) is 18.3 Å². The molecule has 0 spiro atoms. The molecule has 6 heteroatoms. The molecule has 2 unspecified atom stereocenters. The van der Waals surface area contributed by atoms with Gasteiger partial charge in [-0.2, -0.15) is 0 Å². The van der Waals surface area contributed by atoms with Crippen LogP contribution >= 0.6 is 0 Å². The summed E-state index contributed by atoms with van der Waals surface area (Å²) in [6.45, 7) is 7.80. The lowest BCUT2D eigenvalue weighted by atomic mass is 9.78. The molecule has 0 aliphatic carbocycles. The largest absolute Gasteiger partial charge is 0.377 e. The van der Waals surface area contributed by atoms with Crippen molar-refractivity contribution < 1.29 is 14.3 Å². The molecule has 2 amide bonds. The van der Waals surface area contributed by atoms with Gasteiger partial charge in [0.2, 0.25) is 5.91 Å². The van der Waals surface area contributed by atoms with Gasteiger partial charge in [-0.25, -0.2) is 0 Å². The fourth-order valence-corrected chi connectivity index (χ4v) is 3.00. The summed E-state index contributed by atoms with van der Waals surface area (Å²) in [4.78, 5) is 27.2. The van der Waals surface area contributed by atoms with Gasteiger partial charge in [0.15, 0.2) is 0 Å². The number of pyridine rings is 1. The summed E-state index contributed by atoms with van der Waals surface area (Å²) in [5.74, 6) is -0.520. The van der Waals surface area contributed by atoms with Crippen molar-refractivity contribution in [3.05, 3.63) is 29.6 Å². The number of nitrogens with zero attached hydrogens (tertiary/aromatic N) is 1. The average Bonchev–Trinajstić information content (AvgIpc) is 2.52. The molecule has 2 rings (SSSR count). The van der Waals surface area contributed by atoms with Crippen molar-refractivity contribution in [3.63, 3.8) is 0 Å². The van der Waals surface area contributed by atoms with Gasteiger partial charge in [0.1, 0.15) is 5.69 Å². The minimum atomic E-state index is -0.558. The molecule has 1 aliphatic rings. The van der Waals surface area contributed by atoms with Crippen LogP contribution in [0.25, 0.3) is 0 Å². The van der Waals surface area contributed by atoms with Gasteiger partial charge in [0.05, 0.1) is 11.7 Å². The van der Waals surface area contributed by atoms with Gasteiger partial charge in [-0.05, 0) is 30.4 Å². The van der Waals surface area contributed by atoms with Crippen molar-refractivity contribution in [3.8, 4) is 0 Å². The van der Waals surface area contributed by atoms with E-state index >= 15 is 0 Å². The Morgan fingerprint density at radius 2 is 2.13 bits per heavy atom. The molecule has 1 aromatic rings. The van der Waals surface area contributed by atoms with Crippen molar-refractivity contribution >= 4 is 11.8 Å². The van der Waals surface area contributed by atoms with E-state index in [9.17, 15) is 9.59 Å². The Bertz CT molecular complexity index is 563. The summed E-state index contributed by atoms with van der Waals surface area (Å²) < 4.78 is 5.92. The molecule has 1 fully saturated rings. The summed E-state index contributed by atoms with van der Waals surface area (Å²) >= 11 is 0. The van der Waals surface area contributed by atoms with E-state index in [1.807, 2.05) is 0 Å². The molecule has 3 N–H and O–H groups in total. The van der Waals surface area contributed by atoms with Gasteiger partial charge in [0.25, 0.3) is 5.91 Å². The van der Waals surface area contributed by atoms with Crippen LogP contribution in [0.1, 0.15) is 54.5 Å². The summed E-state index contributed by atoms with van der Waals surface area (Å²) in [5, 5.41) is 2.92. The molecular weight excluding hydrogens is 294 g/mol. The molecule has 1 aliphatic heterocycles. The second-order valence-electron chi connectivity index (χ2n) is 7.07. The maximum absolute atomic E-state index is 12.2. The number of primary amides is 1. The first-order chi connectivity index (χ1) is 10.8. The third kappa shape index (κ3) is 4.51. The van der Waals surface area contributed by atoms with Gasteiger partial charge >= 0.3 is 0 Å². The van der Waals surface area contributed by atoms with Gasteiger partial charge in [-0.15, -0.1) is 0 Å². The molecule has 23 heavy (non-hydrogen) atoms. The Kier molecular flexibility index (Phi) is 5.36. The Morgan fingerprint density at radius 1 is 1.39 bits per heavy atom. The van der Waals surface area contributed by atoms with E-state index in [1.54, 1.807) is 0 Å². The van der Waals surface area contributed by atoms with Crippen molar-refractivity contribution in [1.29, 1.82) is 0 Å². The number of rotatable bonds is 4. The quantitative estimate of drug-likeness (QED) is 0.884. The molecule has 0 bridgehead atoms. The highest BCUT2D eigenvalue weighted by Gasteiger charge is 2.35. The van der Waals surface area contributed by atoms with E-state index in [0.717, 1.165) is 19.4 Å². The summed E-state index contributed by atoms with van der Waals surface area (Å²) in [7, 11) is 0. The number of ether oxygens (including phenoxy) is 1. The molecule has 2 atom stereocenters. The van der Waals surface area contributed by atoms with Crippen LogP contribution in [0.3, 0.4) is 0 Å². The molecule has 126 valence electrons. The zero-order valence-electron chi connectivity index (χ0n) is 14.0. The number of carbonyl (C=O) groups is 2. The topological polar surface area (TPSA) is 94.3 Å². The SMILES string of the molecule is CC(C)(C)C1OCCCC1CNC(=O)c1ccc(C(N)=O)cn1. The maximum Gasteiger partial charge on any atom is 0.269 e. The average molecular weight is 319 g/mol. The van der Waals surface area contributed by atoms with Crippen LogP contribution in [-0.4, -0.2) is 36.1 Å². The summed E-state index contributed by atoms with van der Waals surface area (Å²) in [6, 6.07) is 3.01. The fourth-order valence-electron chi connectivity index (χ4n) is 3.00. The Labute approximate surface area is 136 Å². The first kappa shape index (κ1) is 17.4. The zero-order valence-corrected chi connectivity index (χ0v) is 14.0. The molecule has 6 nitrogen and oxygen atoms in total. The smallest absolute Gasteiger partial charge is 0.269 e. The normalized spacial score (nSPS) is 21.7. The molecule has 1 aromatic heterocycles. The predicted octanol–water partition coefficient (Wildman–Crippen LogP) is 1.75. The molecule has 2 heterocycles. The van der Waals surface area contributed by atoms with E-state index in [4.69, 9.17) is 10.5 Å². The van der Waals surface area contributed by atoms with Crippen LogP contribution in [-0.2, 0) is 4.74 Å². The van der Waals surface area contributed by atoms with Crippen LogP contribution < -0.4 is 11.1 Å². The maximum atomic E-state index is 12.2. The van der Waals surface area contributed by atoms with Gasteiger partial charge < -0.3 is 15.8 Å². The molecular formula is C17H25N3O3. The van der Waals surface area contributed by atoms with E-state index < -0.39 is 5.91 Å². The number of hydrogen-bond donors (Lipinski definition) is 2. The molecule has 0 saturated carbocycles. The summed E-state index contributed by atoms with van der Waals surface area (Å²) in [5.41, 5.74) is 5.76. The number of amides is 2. The monoisotopic (exact) mass is 319 g/mol. The van der Waals surface area contributed by atoms with Crippen LogP contribution in [0.15, 0.2) is 18.3 Å². The van der Waals surface area contributed by atoms with Crippen LogP contribution in [0.2, 0.25) is 0 Å². The third-order valence-electron chi connectivity index (χ3n) is 4.10. The van der Waals surface area contributed by atoms with Crippen molar-refractivity contribution in [1.82, 2.24) is 10.3 Å². The number of aromatic nitrogens is 1. The highest BCUT2D eigenvalue weighted by molar-refractivity contribution is 5.95. The lowest BCUT2D eigenvalue weighted by Crippen LogP contribution is -2.45. The minimum Gasteiger partial charge on any atom is -0.377 e. The second kappa shape index (κ2) is 7.08. The molecule has 0 aromatic carbocycles. The Morgan fingerprint density at radius 3 is 2.70 bits per heavy atom. The lowest BCUT2D eigenvalue weighted by Gasteiger charge is -2.40. The first-order valence-corrected chi connectivity index (χ1v) is 7.94. The lowest BCUT2D eigenvalue weighted by molar-refractivity contribution is -0.0839. The number of nitrogens with one attached hydrogen (secondary N) is 1. The van der Waals surface area contributed by atoms with Gasteiger partial charge in [0, 0.05) is 25.3 Å². The van der Waals surface area contributed by atoms with Gasteiger partial charge in [-0.1, -0.05) is 20.8 Å². The van der Waals surface area contributed by atoms with Gasteiger partial charge in [-0.3, -0.25) is 14.6 Å². The standard InChI is InChI=1S/C17H25N3O3/c1-17(2,3)14-11(5-4-8-23-14)9-20-16(22)13-7-6-12(10-19-13)15(18)21/h6-7,10-11,14H,4-5,8-9H2,1-3H3,(H2,18,21)(H,20,22). The zero-order chi connectivity index (χ0) is 17.0. The first-order valence-electron chi connectivity index (χ1n) is 7.94. The van der Waals surface area contributed by atoms with Crippen LogP contribution in [0.5, 0.6) is 0 Å². The Balaban J connectivity index is 1.96. The van der Waals surface area contributed by atoms with E-state index in [2.05, 4.69) is 31.1 Å². The van der Waals surface area contributed by atoms with E-state index in [-0.39, 0.29) is 34.6 Å². The van der Waals surface area contributed by atoms with Crippen LogP contribution in [0, 0.1) is 11.3 Å². The Hall–Kier alpha value is -1.95. The number of nitrogens with two attached hydrogens (primary N) is 1. The summed E-state index contributed by atoms with van der Waals surface area (Å²) in [6.07, 6.45) is 3.50. The third-order valence-corrected chi connectivity index (χ3v) is 4.10. The van der Waals surface area contributed by atoms with E-state index in [0.29, 0.717) is 6.54 Å². The number of carbonyl (C=O) groups excluding carboxylic acids is 2. The van der Waals surface area contributed by atoms with Crippen molar-refractivity contribution in [2.24, 2.45) is 17.1 Å². The number of hydrogen-bond acceptors (Lipinski definition) is 4. The molecule has 1 saturated heterocycles. The minimum absolute atomic E-state index is 0.0389. The molecule has 0 radical (unpaired) electrons. The highest BCUT2D eigenvalue weighted by Crippen LogP contribution is 2.33. The highest BCUT2D eigenvalue weighted by atomic mass is 16.5. The van der Waals surface area contributed by atoms with Crippen LogP contribution in [0.4, 0.5) is 0 Å². The van der Waals surface area contributed by atoms with Crippen molar-refractivity contribution in [2.45, 2.75) is 39.7 Å².